The van der Waals surface area contributed by atoms with Gasteiger partial charge < -0.3 is 4.74 Å². The molecule has 14 heavy (non-hydrogen) atoms. The molecule has 2 rings (SSSR count). The summed E-state index contributed by atoms with van der Waals surface area (Å²) in [5, 5.41) is 8.73. The molecule has 0 saturated carbocycles. The number of benzene rings is 1. The molecule has 1 aromatic carbocycles. The highest BCUT2D eigenvalue weighted by Crippen LogP contribution is 2.09. The zero-order valence-electron chi connectivity index (χ0n) is 7.73. The molecule has 0 unspecified atom stereocenters. The minimum Gasteiger partial charge on any atom is -0.477 e. The first-order chi connectivity index (χ1) is 6.90. The average Bonchev–Trinajstić information content (AvgIpc) is 2.30. The first-order valence-corrected chi connectivity index (χ1v) is 4.58. The number of hydrogen-bond acceptors (Lipinski definition) is 3. The fraction of sp³-hybridized carbons (Fsp3) is 0.273. The lowest BCUT2D eigenvalue weighted by molar-refractivity contribution is 0.284. The zero-order valence-corrected chi connectivity index (χ0v) is 7.73. The second-order valence-corrected chi connectivity index (χ2v) is 3.08. The summed E-state index contributed by atoms with van der Waals surface area (Å²) in [5.41, 5.74) is 1.53. The molecule has 0 amide bonds. The molecule has 1 aliphatic heterocycles. The van der Waals surface area contributed by atoms with Gasteiger partial charge in [0, 0.05) is 18.5 Å². The summed E-state index contributed by atoms with van der Waals surface area (Å²) >= 11 is 0. The Labute approximate surface area is 82.7 Å². The molecule has 0 atom stereocenters. The van der Waals surface area contributed by atoms with Gasteiger partial charge in [-0.25, -0.2) is 0 Å². The average molecular weight is 186 g/mol. The Bertz CT molecular complexity index is 404. The number of nitriles is 1. The van der Waals surface area contributed by atoms with E-state index in [4.69, 9.17) is 10.00 Å². The standard InChI is InChI=1S/C11H10N2O/c12-8-9-3-1-4-10(7-9)11-13-5-2-6-14-11/h1,3-4,7H,2,5-6H2. The summed E-state index contributed by atoms with van der Waals surface area (Å²) in [6, 6.07) is 9.41. The van der Waals surface area contributed by atoms with Gasteiger partial charge >= 0.3 is 0 Å². The van der Waals surface area contributed by atoms with Gasteiger partial charge in [0.25, 0.3) is 0 Å². The van der Waals surface area contributed by atoms with E-state index < -0.39 is 0 Å². The monoisotopic (exact) mass is 186 g/mol. The fourth-order valence-electron chi connectivity index (χ4n) is 1.36. The van der Waals surface area contributed by atoms with Gasteiger partial charge in [0.05, 0.1) is 18.2 Å². The Morgan fingerprint density at radius 1 is 1.43 bits per heavy atom. The molecule has 0 aromatic heterocycles. The normalized spacial score (nSPS) is 15.2. The van der Waals surface area contributed by atoms with E-state index >= 15 is 0 Å². The van der Waals surface area contributed by atoms with Crippen LogP contribution in [-0.4, -0.2) is 19.0 Å². The Balaban J connectivity index is 2.32. The van der Waals surface area contributed by atoms with Crippen LogP contribution < -0.4 is 0 Å². The summed E-state index contributed by atoms with van der Waals surface area (Å²) in [6.45, 7) is 1.53. The molecule has 0 fully saturated rings. The van der Waals surface area contributed by atoms with Gasteiger partial charge in [-0.2, -0.15) is 5.26 Å². The van der Waals surface area contributed by atoms with Crippen LogP contribution in [0.1, 0.15) is 17.5 Å². The van der Waals surface area contributed by atoms with E-state index in [1.165, 1.54) is 0 Å². The third kappa shape index (κ3) is 1.74. The molecule has 0 bridgehead atoms. The summed E-state index contributed by atoms with van der Waals surface area (Å²) < 4.78 is 5.40. The van der Waals surface area contributed by atoms with Crippen molar-refractivity contribution >= 4 is 5.90 Å². The van der Waals surface area contributed by atoms with Gasteiger partial charge in [-0.1, -0.05) is 6.07 Å². The molecule has 0 aliphatic carbocycles. The molecular formula is C11H10N2O. The maximum Gasteiger partial charge on any atom is 0.216 e. The van der Waals surface area contributed by atoms with Crippen LogP contribution in [0.2, 0.25) is 0 Å². The van der Waals surface area contributed by atoms with Crippen molar-refractivity contribution in [2.75, 3.05) is 13.2 Å². The van der Waals surface area contributed by atoms with Crippen molar-refractivity contribution < 1.29 is 4.74 Å². The van der Waals surface area contributed by atoms with Crippen LogP contribution in [0.15, 0.2) is 29.3 Å². The van der Waals surface area contributed by atoms with Gasteiger partial charge in [0.15, 0.2) is 0 Å². The van der Waals surface area contributed by atoms with Crippen molar-refractivity contribution in [2.24, 2.45) is 4.99 Å². The number of rotatable bonds is 1. The van der Waals surface area contributed by atoms with Crippen LogP contribution in [0, 0.1) is 11.3 Å². The Morgan fingerprint density at radius 2 is 2.36 bits per heavy atom. The molecule has 70 valence electrons. The lowest BCUT2D eigenvalue weighted by Gasteiger charge is -2.13. The number of hydrogen-bond donors (Lipinski definition) is 0. The summed E-state index contributed by atoms with van der Waals surface area (Å²) in [6.07, 6.45) is 0.974. The second kappa shape index (κ2) is 3.93. The smallest absolute Gasteiger partial charge is 0.216 e. The minimum absolute atomic E-state index is 0.638. The highest BCUT2D eigenvalue weighted by molar-refractivity contribution is 5.94. The van der Waals surface area contributed by atoms with Gasteiger partial charge in [0.1, 0.15) is 0 Å². The molecule has 0 spiro atoms. The molecule has 3 nitrogen and oxygen atoms in total. The van der Waals surface area contributed by atoms with E-state index in [9.17, 15) is 0 Å². The maximum atomic E-state index is 8.73. The highest BCUT2D eigenvalue weighted by Gasteiger charge is 2.08. The van der Waals surface area contributed by atoms with E-state index in [2.05, 4.69) is 11.1 Å². The molecule has 1 aliphatic rings. The number of nitrogens with zero attached hydrogens (tertiary/aromatic N) is 2. The van der Waals surface area contributed by atoms with E-state index in [0.717, 1.165) is 25.1 Å². The molecule has 1 aromatic rings. The van der Waals surface area contributed by atoms with Crippen LogP contribution >= 0.6 is 0 Å². The maximum absolute atomic E-state index is 8.73. The van der Waals surface area contributed by atoms with E-state index in [-0.39, 0.29) is 0 Å². The lowest BCUT2D eigenvalue weighted by Crippen LogP contribution is -2.14. The Morgan fingerprint density at radius 3 is 3.07 bits per heavy atom. The van der Waals surface area contributed by atoms with Crippen molar-refractivity contribution in [3.05, 3.63) is 35.4 Å². The van der Waals surface area contributed by atoms with E-state index in [1.54, 1.807) is 12.1 Å². The minimum atomic E-state index is 0.638. The van der Waals surface area contributed by atoms with Crippen LogP contribution in [0.5, 0.6) is 0 Å². The third-order valence-corrected chi connectivity index (χ3v) is 2.04. The molecule has 0 radical (unpaired) electrons. The number of aliphatic imine (C=N–C) groups is 1. The lowest BCUT2D eigenvalue weighted by atomic mass is 10.1. The molecule has 0 saturated heterocycles. The quantitative estimate of drug-likeness (QED) is 0.670. The molecular weight excluding hydrogens is 176 g/mol. The van der Waals surface area contributed by atoms with Gasteiger partial charge in [-0.3, -0.25) is 4.99 Å². The van der Waals surface area contributed by atoms with Gasteiger partial charge in [-0.15, -0.1) is 0 Å². The topological polar surface area (TPSA) is 45.4 Å². The Kier molecular flexibility index (Phi) is 2.46. The second-order valence-electron chi connectivity index (χ2n) is 3.08. The fourth-order valence-corrected chi connectivity index (χ4v) is 1.36. The van der Waals surface area contributed by atoms with E-state index in [0.29, 0.717) is 11.5 Å². The van der Waals surface area contributed by atoms with Crippen molar-refractivity contribution in [3.8, 4) is 6.07 Å². The SMILES string of the molecule is N#Cc1cccc(C2=NCCCO2)c1. The van der Waals surface area contributed by atoms with Crippen molar-refractivity contribution in [1.29, 1.82) is 5.26 Å². The highest BCUT2D eigenvalue weighted by atomic mass is 16.5. The van der Waals surface area contributed by atoms with Gasteiger partial charge in [0.2, 0.25) is 5.90 Å². The zero-order chi connectivity index (χ0) is 9.80. The first-order valence-electron chi connectivity index (χ1n) is 4.58. The molecule has 3 heteroatoms. The van der Waals surface area contributed by atoms with Crippen LogP contribution in [0.4, 0.5) is 0 Å². The number of ether oxygens (including phenoxy) is 1. The summed E-state index contributed by atoms with van der Waals surface area (Å²) in [7, 11) is 0. The summed E-state index contributed by atoms with van der Waals surface area (Å²) in [5.74, 6) is 0.661. The van der Waals surface area contributed by atoms with Crippen molar-refractivity contribution in [3.63, 3.8) is 0 Å². The third-order valence-electron chi connectivity index (χ3n) is 2.04. The first kappa shape index (κ1) is 8.76. The molecule has 0 N–H and O–H groups in total. The largest absolute Gasteiger partial charge is 0.477 e. The van der Waals surface area contributed by atoms with Crippen molar-refractivity contribution in [1.82, 2.24) is 0 Å². The van der Waals surface area contributed by atoms with Crippen LogP contribution in [0.3, 0.4) is 0 Å². The van der Waals surface area contributed by atoms with Crippen LogP contribution in [0.25, 0.3) is 0 Å². The van der Waals surface area contributed by atoms with E-state index in [1.807, 2.05) is 12.1 Å². The molecule has 1 heterocycles. The Hall–Kier alpha value is -1.82. The van der Waals surface area contributed by atoms with Crippen LogP contribution in [-0.2, 0) is 4.74 Å². The van der Waals surface area contributed by atoms with Crippen molar-refractivity contribution in [2.45, 2.75) is 6.42 Å². The predicted molar refractivity (Wildman–Crippen MR) is 53.1 cm³/mol. The van der Waals surface area contributed by atoms with Gasteiger partial charge in [-0.05, 0) is 18.2 Å². The summed E-state index contributed by atoms with van der Waals surface area (Å²) in [4.78, 5) is 4.26. The predicted octanol–water partition coefficient (Wildman–Crippen LogP) is 1.73.